The van der Waals surface area contributed by atoms with Crippen LogP contribution in [0, 0.1) is 11.7 Å². The lowest BCUT2D eigenvalue weighted by molar-refractivity contribution is -0.114. The summed E-state index contributed by atoms with van der Waals surface area (Å²) in [6.07, 6.45) is 7.34. The molecule has 3 rings (SSSR count). The zero-order valence-corrected chi connectivity index (χ0v) is 13.2. The van der Waals surface area contributed by atoms with Crippen LogP contribution in [0.1, 0.15) is 38.3 Å². The minimum Gasteiger partial charge on any atom is -0.309 e. The Balaban J connectivity index is 1.92. The number of carbonyl (C=O) groups excluding carboxylic acids is 1. The summed E-state index contributed by atoms with van der Waals surface area (Å²) in [6.45, 7) is 1.47. The molecule has 1 fully saturated rings. The van der Waals surface area contributed by atoms with Crippen molar-refractivity contribution < 1.29 is 9.18 Å². The predicted octanol–water partition coefficient (Wildman–Crippen LogP) is 3.97. The molecular weight excluding hydrogens is 293 g/mol. The standard InChI is InChI=1S/C18H20FN3O/c1-12(23)21-18-16(10-13-4-2-3-5-13)22-17(11-20-18)14-6-8-15(19)9-7-14/h6-9,11,13H,2-5,10H2,1H3,(H,20,21,23). The highest BCUT2D eigenvalue weighted by Gasteiger charge is 2.19. The molecule has 0 aliphatic heterocycles. The van der Waals surface area contributed by atoms with Crippen molar-refractivity contribution in [3.8, 4) is 11.3 Å². The first-order chi connectivity index (χ1) is 11.1. The molecule has 0 unspecified atom stereocenters. The van der Waals surface area contributed by atoms with E-state index in [4.69, 9.17) is 0 Å². The van der Waals surface area contributed by atoms with Gasteiger partial charge in [0.15, 0.2) is 5.82 Å². The van der Waals surface area contributed by atoms with Gasteiger partial charge < -0.3 is 5.32 Å². The van der Waals surface area contributed by atoms with Gasteiger partial charge in [0.2, 0.25) is 5.91 Å². The number of hydrogen-bond acceptors (Lipinski definition) is 3. The van der Waals surface area contributed by atoms with Crippen LogP contribution in [0.2, 0.25) is 0 Å². The number of nitrogens with zero attached hydrogens (tertiary/aromatic N) is 2. The fourth-order valence-corrected chi connectivity index (χ4v) is 3.09. The van der Waals surface area contributed by atoms with Crippen molar-refractivity contribution in [3.63, 3.8) is 0 Å². The predicted molar refractivity (Wildman–Crippen MR) is 87.4 cm³/mol. The van der Waals surface area contributed by atoms with Gasteiger partial charge in [-0.25, -0.2) is 14.4 Å². The number of nitrogens with one attached hydrogen (secondary N) is 1. The quantitative estimate of drug-likeness (QED) is 0.929. The third kappa shape index (κ3) is 3.92. The normalized spacial score (nSPS) is 14.9. The van der Waals surface area contributed by atoms with Crippen LogP contribution in [-0.4, -0.2) is 15.9 Å². The highest BCUT2D eigenvalue weighted by Crippen LogP contribution is 2.30. The Morgan fingerprint density at radius 2 is 1.96 bits per heavy atom. The maximum atomic E-state index is 13.1. The van der Waals surface area contributed by atoms with Crippen molar-refractivity contribution in [2.45, 2.75) is 39.0 Å². The first kappa shape index (κ1) is 15.6. The molecule has 1 aliphatic carbocycles. The van der Waals surface area contributed by atoms with Crippen molar-refractivity contribution in [2.75, 3.05) is 5.32 Å². The van der Waals surface area contributed by atoms with Crippen LogP contribution in [0.15, 0.2) is 30.5 Å². The van der Waals surface area contributed by atoms with Crippen LogP contribution < -0.4 is 5.32 Å². The van der Waals surface area contributed by atoms with E-state index in [1.165, 1.54) is 44.7 Å². The molecule has 0 spiro atoms. The highest BCUT2D eigenvalue weighted by molar-refractivity contribution is 5.88. The van der Waals surface area contributed by atoms with Gasteiger partial charge in [-0.3, -0.25) is 4.79 Å². The smallest absolute Gasteiger partial charge is 0.222 e. The van der Waals surface area contributed by atoms with E-state index in [-0.39, 0.29) is 11.7 Å². The number of hydrogen-bond donors (Lipinski definition) is 1. The van der Waals surface area contributed by atoms with Gasteiger partial charge in [0, 0.05) is 12.5 Å². The molecule has 1 N–H and O–H groups in total. The average Bonchev–Trinajstić information content (AvgIpc) is 3.02. The number of benzene rings is 1. The Hall–Kier alpha value is -2.30. The molecule has 4 nitrogen and oxygen atoms in total. The molecule has 0 atom stereocenters. The Morgan fingerprint density at radius 1 is 1.26 bits per heavy atom. The van der Waals surface area contributed by atoms with Crippen LogP contribution in [0.25, 0.3) is 11.3 Å². The summed E-state index contributed by atoms with van der Waals surface area (Å²) in [5.74, 6) is 0.708. The lowest BCUT2D eigenvalue weighted by Gasteiger charge is -2.13. The molecule has 1 heterocycles. The number of carbonyl (C=O) groups is 1. The maximum Gasteiger partial charge on any atom is 0.222 e. The monoisotopic (exact) mass is 313 g/mol. The van der Waals surface area contributed by atoms with E-state index in [0.717, 1.165) is 17.7 Å². The van der Waals surface area contributed by atoms with Crippen molar-refractivity contribution in [2.24, 2.45) is 5.92 Å². The SMILES string of the molecule is CC(=O)Nc1ncc(-c2ccc(F)cc2)nc1CC1CCCC1. The summed E-state index contributed by atoms with van der Waals surface area (Å²) in [6, 6.07) is 6.21. The summed E-state index contributed by atoms with van der Waals surface area (Å²) in [5, 5.41) is 2.76. The molecule has 0 saturated heterocycles. The van der Waals surface area contributed by atoms with Gasteiger partial charge in [-0.1, -0.05) is 25.7 Å². The highest BCUT2D eigenvalue weighted by atomic mass is 19.1. The Kier molecular flexibility index (Phi) is 4.65. The zero-order valence-electron chi connectivity index (χ0n) is 13.2. The molecule has 1 aromatic heterocycles. The van der Waals surface area contributed by atoms with E-state index >= 15 is 0 Å². The fraction of sp³-hybridized carbons (Fsp3) is 0.389. The third-order valence-corrected chi connectivity index (χ3v) is 4.24. The van der Waals surface area contributed by atoms with Gasteiger partial charge in [0.1, 0.15) is 5.82 Å². The van der Waals surface area contributed by atoms with Crippen LogP contribution in [0.5, 0.6) is 0 Å². The van der Waals surface area contributed by atoms with Crippen molar-refractivity contribution >= 4 is 11.7 Å². The average molecular weight is 313 g/mol. The Labute approximate surface area is 135 Å². The van der Waals surface area contributed by atoms with E-state index in [0.29, 0.717) is 17.4 Å². The summed E-state index contributed by atoms with van der Waals surface area (Å²) in [5.41, 5.74) is 2.34. The van der Waals surface area contributed by atoms with Crippen molar-refractivity contribution in [1.82, 2.24) is 9.97 Å². The number of halogens is 1. The topological polar surface area (TPSA) is 54.9 Å². The second kappa shape index (κ2) is 6.86. The minimum absolute atomic E-state index is 0.151. The fourth-order valence-electron chi connectivity index (χ4n) is 3.09. The molecule has 1 amide bonds. The third-order valence-electron chi connectivity index (χ3n) is 4.24. The first-order valence-electron chi connectivity index (χ1n) is 8.01. The zero-order chi connectivity index (χ0) is 16.2. The van der Waals surface area contributed by atoms with Crippen LogP contribution >= 0.6 is 0 Å². The van der Waals surface area contributed by atoms with Gasteiger partial charge >= 0.3 is 0 Å². The first-order valence-corrected chi connectivity index (χ1v) is 8.01. The molecule has 5 heteroatoms. The molecule has 2 aromatic rings. The van der Waals surface area contributed by atoms with Gasteiger partial charge in [0.05, 0.1) is 17.6 Å². The second-order valence-electron chi connectivity index (χ2n) is 6.09. The minimum atomic E-state index is -0.275. The van der Waals surface area contributed by atoms with Crippen LogP contribution in [0.4, 0.5) is 10.2 Å². The van der Waals surface area contributed by atoms with E-state index < -0.39 is 0 Å². The van der Waals surface area contributed by atoms with Gasteiger partial charge in [-0.15, -0.1) is 0 Å². The number of aromatic nitrogens is 2. The van der Waals surface area contributed by atoms with E-state index in [9.17, 15) is 9.18 Å². The number of anilines is 1. The number of amides is 1. The molecule has 0 bridgehead atoms. The van der Waals surface area contributed by atoms with Crippen molar-refractivity contribution in [1.29, 1.82) is 0 Å². The molecule has 0 radical (unpaired) electrons. The maximum absolute atomic E-state index is 13.1. The molecule has 1 aliphatic rings. The van der Waals surface area contributed by atoms with Gasteiger partial charge in [-0.05, 0) is 36.6 Å². The van der Waals surface area contributed by atoms with E-state index in [1.807, 2.05) is 0 Å². The largest absolute Gasteiger partial charge is 0.309 e. The summed E-state index contributed by atoms with van der Waals surface area (Å²) in [4.78, 5) is 20.4. The lowest BCUT2D eigenvalue weighted by atomic mass is 10.0. The van der Waals surface area contributed by atoms with Crippen LogP contribution in [-0.2, 0) is 11.2 Å². The molecular formula is C18H20FN3O. The summed E-state index contributed by atoms with van der Waals surface area (Å²) in [7, 11) is 0. The summed E-state index contributed by atoms with van der Waals surface area (Å²) < 4.78 is 13.1. The molecule has 23 heavy (non-hydrogen) atoms. The van der Waals surface area contributed by atoms with Crippen LogP contribution in [0.3, 0.4) is 0 Å². The van der Waals surface area contributed by atoms with E-state index in [1.54, 1.807) is 18.3 Å². The molecule has 1 saturated carbocycles. The lowest BCUT2D eigenvalue weighted by Crippen LogP contribution is -2.13. The molecule has 120 valence electrons. The summed E-state index contributed by atoms with van der Waals surface area (Å²) >= 11 is 0. The van der Waals surface area contributed by atoms with E-state index in [2.05, 4.69) is 15.3 Å². The second-order valence-corrected chi connectivity index (χ2v) is 6.09. The Morgan fingerprint density at radius 3 is 2.61 bits per heavy atom. The number of rotatable bonds is 4. The van der Waals surface area contributed by atoms with Gasteiger partial charge in [0.25, 0.3) is 0 Å². The van der Waals surface area contributed by atoms with Crippen molar-refractivity contribution in [3.05, 3.63) is 42.0 Å². The molecule has 1 aromatic carbocycles. The Bertz CT molecular complexity index is 694. The van der Waals surface area contributed by atoms with Gasteiger partial charge in [-0.2, -0.15) is 0 Å².